The van der Waals surface area contributed by atoms with Crippen LogP contribution in [0.25, 0.3) is 22.0 Å². The van der Waals surface area contributed by atoms with Gasteiger partial charge >= 0.3 is 0 Å². The number of amides is 1. The second-order valence-corrected chi connectivity index (χ2v) is 12.4. The van der Waals surface area contributed by atoms with Crippen LogP contribution in [0.1, 0.15) is 52.9 Å². The van der Waals surface area contributed by atoms with Gasteiger partial charge in [-0.25, -0.2) is 0 Å². The van der Waals surface area contributed by atoms with Gasteiger partial charge in [0.25, 0.3) is 5.91 Å². The summed E-state index contributed by atoms with van der Waals surface area (Å²) in [7, 11) is -2.42. The van der Waals surface area contributed by atoms with Crippen molar-refractivity contribution in [3.8, 4) is 11.1 Å². The Morgan fingerprint density at radius 3 is 2.73 bits per heavy atom. The summed E-state index contributed by atoms with van der Waals surface area (Å²) in [6, 6.07) is 6.24. The number of hydrogen-bond donors (Lipinski definition) is 4. The molecule has 1 aliphatic heterocycles. The Labute approximate surface area is 186 Å². The van der Waals surface area contributed by atoms with Gasteiger partial charge in [0, 0.05) is 33.7 Å². The molecule has 8 heteroatoms. The monoisotopic (exact) mass is 464 g/mol. The summed E-state index contributed by atoms with van der Waals surface area (Å²) < 4.78 is 19.9. The zero-order valence-corrected chi connectivity index (χ0v) is 19.5. The molecule has 2 aromatic heterocycles. The van der Waals surface area contributed by atoms with E-state index in [1.807, 2.05) is 24.0 Å². The number of H-pyrrole nitrogens is 1. The number of nitrogens with one attached hydrogen (secondary N) is 1. The van der Waals surface area contributed by atoms with E-state index < -0.39 is 16.5 Å². The molecule has 30 heavy (non-hydrogen) atoms. The molecule has 1 amide bonds. The number of nitrogens with two attached hydrogens (primary N) is 1. The zero-order chi connectivity index (χ0) is 21.3. The average Bonchev–Trinajstić information content (AvgIpc) is 3.34. The predicted molar refractivity (Wildman–Crippen MR) is 131 cm³/mol. The lowest BCUT2D eigenvalue weighted by Gasteiger charge is -2.39. The molecule has 4 rings (SSSR count). The number of aromatic amines is 1. The maximum atomic E-state index is 12.2. The van der Waals surface area contributed by atoms with Crippen molar-refractivity contribution in [2.24, 2.45) is 5.73 Å². The maximum absolute atomic E-state index is 12.2. The summed E-state index contributed by atoms with van der Waals surface area (Å²) in [5.74, 6) is 2.85. The van der Waals surface area contributed by atoms with Crippen molar-refractivity contribution in [1.82, 2.24) is 4.98 Å². The van der Waals surface area contributed by atoms with Crippen molar-refractivity contribution in [3.05, 3.63) is 45.8 Å². The lowest BCUT2D eigenvalue weighted by Crippen LogP contribution is -2.19. The number of rotatable bonds is 7. The maximum Gasteiger partial charge on any atom is 0.250 e. The highest BCUT2D eigenvalue weighted by atomic mass is 32.3. The molecule has 3 heterocycles. The van der Waals surface area contributed by atoms with Crippen molar-refractivity contribution >= 4 is 50.5 Å². The van der Waals surface area contributed by atoms with E-state index in [0.717, 1.165) is 51.9 Å². The largest absolute Gasteiger partial charge is 0.366 e. The minimum atomic E-state index is -2.42. The minimum absolute atomic E-state index is 0.248. The second-order valence-electron chi connectivity index (χ2n) is 7.89. The normalized spacial score (nSPS) is 18.0. The van der Waals surface area contributed by atoms with Crippen molar-refractivity contribution in [1.29, 1.82) is 0 Å². The number of primary amides is 1. The van der Waals surface area contributed by atoms with Crippen molar-refractivity contribution in [2.45, 2.75) is 37.9 Å². The Morgan fingerprint density at radius 1 is 1.27 bits per heavy atom. The molecular weight excluding hydrogens is 436 g/mol. The molecule has 0 bridgehead atoms. The van der Waals surface area contributed by atoms with Crippen LogP contribution < -0.4 is 5.73 Å². The smallest absolute Gasteiger partial charge is 0.250 e. The Kier molecular flexibility index (Phi) is 6.50. The summed E-state index contributed by atoms with van der Waals surface area (Å²) in [5.41, 5.74) is 10.2. The molecule has 1 saturated heterocycles. The molecule has 162 valence electrons. The first-order valence-corrected chi connectivity index (χ1v) is 14.1. The molecular formula is C22H28N2O3S3. The summed E-state index contributed by atoms with van der Waals surface area (Å²) in [4.78, 5) is 16.8. The van der Waals surface area contributed by atoms with Gasteiger partial charge in [0.15, 0.2) is 0 Å². The van der Waals surface area contributed by atoms with E-state index in [0.29, 0.717) is 17.1 Å². The molecule has 0 atom stereocenters. The molecule has 0 unspecified atom stereocenters. The zero-order valence-electron chi connectivity index (χ0n) is 17.0. The number of fused-ring (bicyclic) bond motifs is 1. The van der Waals surface area contributed by atoms with Crippen LogP contribution in [0, 0.1) is 0 Å². The van der Waals surface area contributed by atoms with E-state index in [1.54, 1.807) is 11.3 Å². The van der Waals surface area contributed by atoms with Crippen LogP contribution in [0.2, 0.25) is 0 Å². The molecule has 0 radical (unpaired) electrons. The SMILES string of the molecule is CCCSCc1cc(-c2cc(C(N)=O)c3[nH]cc(C4CCS(O)(O)CC4)c3c2)cs1. The van der Waals surface area contributed by atoms with Gasteiger partial charge < -0.3 is 10.7 Å². The summed E-state index contributed by atoms with van der Waals surface area (Å²) in [6.07, 6.45) is 4.61. The third-order valence-electron chi connectivity index (χ3n) is 5.69. The van der Waals surface area contributed by atoms with Gasteiger partial charge in [0.05, 0.1) is 11.1 Å². The van der Waals surface area contributed by atoms with E-state index in [1.165, 1.54) is 11.3 Å². The van der Waals surface area contributed by atoms with Crippen LogP contribution in [0.3, 0.4) is 0 Å². The highest BCUT2D eigenvalue weighted by Gasteiger charge is 2.27. The first kappa shape index (κ1) is 21.8. The summed E-state index contributed by atoms with van der Waals surface area (Å²) in [5, 5.41) is 3.16. The van der Waals surface area contributed by atoms with E-state index in [9.17, 15) is 13.9 Å². The fourth-order valence-electron chi connectivity index (χ4n) is 4.10. The fourth-order valence-corrected chi connectivity index (χ4v) is 7.54. The Balaban J connectivity index is 1.70. The number of thiophene rings is 1. The molecule has 1 aliphatic rings. The molecule has 1 aromatic carbocycles. The molecule has 5 nitrogen and oxygen atoms in total. The van der Waals surface area contributed by atoms with Crippen molar-refractivity contribution in [3.63, 3.8) is 0 Å². The van der Waals surface area contributed by atoms with Gasteiger partial charge in [0.1, 0.15) is 0 Å². The van der Waals surface area contributed by atoms with Crippen molar-refractivity contribution in [2.75, 3.05) is 17.3 Å². The number of hydrogen-bond acceptors (Lipinski definition) is 5. The number of thioether (sulfide) groups is 1. The highest BCUT2D eigenvalue weighted by Crippen LogP contribution is 2.49. The number of carbonyl (C=O) groups is 1. The van der Waals surface area contributed by atoms with E-state index in [-0.39, 0.29) is 5.92 Å². The Hall–Kier alpha value is -1.45. The topological polar surface area (TPSA) is 99.3 Å². The lowest BCUT2D eigenvalue weighted by molar-refractivity contribution is 0.100. The standard InChI is InChI=1S/C22H28N2O3S3/c1-2-5-28-13-17-8-16(12-29-17)15-9-18-20(14-3-6-30(26,27)7-4-14)11-24-21(18)19(10-15)22(23)25/h8-12,14,24,26-27H,2-7,13H2,1H3,(H2,23,25). The third-order valence-corrected chi connectivity index (χ3v) is 9.80. The van der Waals surface area contributed by atoms with Crippen LogP contribution in [0.15, 0.2) is 29.8 Å². The fraction of sp³-hybridized carbons (Fsp3) is 0.409. The van der Waals surface area contributed by atoms with Gasteiger partial charge in [-0.15, -0.1) is 11.3 Å². The second kappa shape index (κ2) is 8.96. The van der Waals surface area contributed by atoms with E-state index in [2.05, 4.69) is 29.4 Å². The average molecular weight is 465 g/mol. The molecule has 1 fully saturated rings. The van der Waals surface area contributed by atoms with Gasteiger partial charge in [-0.05, 0) is 71.2 Å². The van der Waals surface area contributed by atoms with Gasteiger partial charge in [-0.3, -0.25) is 13.9 Å². The lowest BCUT2D eigenvalue weighted by atomic mass is 9.91. The third kappa shape index (κ3) is 4.57. The van der Waals surface area contributed by atoms with Crippen LogP contribution in [0.4, 0.5) is 0 Å². The quantitative estimate of drug-likeness (QED) is 0.310. The Bertz CT molecular complexity index is 1050. The molecule has 0 saturated carbocycles. The van der Waals surface area contributed by atoms with Gasteiger partial charge in [-0.1, -0.05) is 6.92 Å². The van der Waals surface area contributed by atoms with Crippen LogP contribution in [-0.2, 0) is 5.75 Å². The number of benzene rings is 1. The highest BCUT2D eigenvalue weighted by molar-refractivity contribution is 8.24. The Morgan fingerprint density at radius 2 is 2.03 bits per heavy atom. The van der Waals surface area contributed by atoms with Crippen LogP contribution in [-0.4, -0.2) is 37.3 Å². The van der Waals surface area contributed by atoms with Gasteiger partial charge in [0.2, 0.25) is 0 Å². The van der Waals surface area contributed by atoms with Crippen LogP contribution in [0.5, 0.6) is 0 Å². The first-order chi connectivity index (χ1) is 14.4. The molecule has 5 N–H and O–H groups in total. The summed E-state index contributed by atoms with van der Waals surface area (Å²) in [6.45, 7) is 2.19. The molecule has 3 aromatic rings. The minimum Gasteiger partial charge on any atom is -0.366 e. The van der Waals surface area contributed by atoms with Gasteiger partial charge in [-0.2, -0.15) is 22.4 Å². The van der Waals surface area contributed by atoms with E-state index >= 15 is 0 Å². The van der Waals surface area contributed by atoms with E-state index in [4.69, 9.17) is 5.73 Å². The molecule has 0 spiro atoms. The number of aromatic nitrogens is 1. The number of carbonyl (C=O) groups excluding carboxylic acids is 1. The predicted octanol–water partition coefficient (Wildman–Crippen LogP) is 6.27. The molecule has 0 aliphatic carbocycles. The first-order valence-electron chi connectivity index (χ1n) is 10.2. The van der Waals surface area contributed by atoms with Crippen LogP contribution >= 0.6 is 33.7 Å². The van der Waals surface area contributed by atoms with Crippen molar-refractivity contribution < 1.29 is 13.9 Å². The summed E-state index contributed by atoms with van der Waals surface area (Å²) >= 11 is 3.69.